The lowest BCUT2D eigenvalue weighted by Gasteiger charge is -2.31. The molecule has 0 saturated heterocycles. The number of aliphatic hydroxyl groups excluding tert-OH is 1. The molecule has 1 aromatic carbocycles. The van der Waals surface area contributed by atoms with Crippen LogP contribution in [0.5, 0.6) is 0 Å². The summed E-state index contributed by atoms with van der Waals surface area (Å²) in [4.78, 5) is 49.7. The molecular weight excluding hydrogens is 368 g/mol. The second-order valence-corrected chi connectivity index (χ2v) is 6.06. The molecular formula is C20H22O8. The average molecular weight is 390 g/mol. The highest BCUT2D eigenvalue weighted by atomic mass is 16.6. The largest absolute Gasteiger partial charge is 0.478 e. The second-order valence-electron chi connectivity index (χ2n) is 6.06. The first kappa shape index (κ1) is 22.9. The summed E-state index contributed by atoms with van der Waals surface area (Å²) in [5.74, 6) is -4.42. The number of esters is 1. The molecule has 0 bridgehead atoms. The summed E-state index contributed by atoms with van der Waals surface area (Å²) in [5, 5.41) is 18.2. The van der Waals surface area contributed by atoms with E-state index in [1.54, 1.807) is 0 Å². The van der Waals surface area contributed by atoms with Gasteiger partial charge in [-0.05, 0) is 37.1 Å². The van der Waals surface area contributed by atoms with Gasteiger partial charge in [-0.25, -0.2) is 9.59 Å². The van der Waals surface area contributed by atoms with Crippen molar-refractivity contribution in [3.05, 3.63) is 59.7 Å². The highest BCUT2D eigenvalue weighted by Gasteiger charge is 2.50. The summed E-state index contributed by atoms with van der Waals surface area (Å²) in [6, 6.07) is 5.20. The fourth-order valence-electron chi connectivity index (χ4n) is 2.39. The van der Waals surface area contributed by atoms with Crippen molar-refractivity contribution in [3.63, 3.8) is 0 Å². The van der Waals surface area contributed by atoms with Gasteiger partial charge in [0.05, 0.1) is 24.3 Å². The van der Waals surface area contributed by atoms with Gasteiger partial charge in [-0.1, -0.05) is 25.3 Å². The number of benzene rings is 1. The van der Waals surface area contributed by atoms with E-state index in [9.17, 15) is 24.3 Å². The van der Waals surface area contributed by atoms with Crippen LogP contribution < -0.4 is 0 Å². The monoisotopic (exact) mass is 390 g/mol. The summed E-state index contributed by atoms with van der Waals surface area (Å²) in [7, 11) is 0. The third kappa shape index (κ3) is 4.99. The summed E-state index contributed by atoms with van der Waals surface area (Å²) in [6.45, 7) is 8.34. The molecule has 0 aliphatic carbocycles. The minimum Gasteiger partial charge on any atom is -0.478 e. The lowest BCUT2D eigenvalue weighted by Crippen LogP contribution is -2.55. The van der Waals surface area contributed by atoms with E-state index in [-0.39, 0.29) is 28.9 Å². The van der Waals surface area contributed by atoms with Crippen LogP contribution in [-0.4, -0.2) is 59.1 Å². The molecule has 0 amide bonds. The number of rotatable bonds is 11. The number of aliphatic hydroxyl groups is 1. The molecule has 1 rings (SSSR count). The van der Waals surface area contributed by atoms with Gasteiger partial charge in [0.2, 0.25) is 11.6 Å². The first-order chi connectivity index (χ1) is 13.1. The molecule has 0 aliphatic heterocycles. The van der Waals surface area contributed by atoms with Gasteiger partial charge in [0.15, 0.2) is 0 Å². The van der Waals surface area contributed by atoms with Gasteiger partial charge in [-0.2, -0.15) is 0 Å². The van der Waals surface area contributed by atoms with Crippen LogP contribution in [-0.2, 0) is 19.1 Å². The van der Waals surface area contributed by atoms with E-state index in [1.165, 1.54) is 38.1 Å². The molecule has 0 unspecified atom stereocenters. The Balaban J connectivity index is 3.49. The van der Waals surface area contributed by atoms with Gasteiger partial charge >= 0.3 is 11.9 Å². The van der Waals surface area contributed by atoms with Crippen molar-refractivity contribution in [2.24, 2.45) is 0 Å². The molecule has 1 aromatic rings. The number of Topliss-reactive ketones (excluding diaryl/α,β-unsaturated/α-hetero) is 2. The Morgan fingerprint density at radius 2 is 1.50 bits per heavy atom. The van der Waals surface area contributed by atoms with E-state index in [4.69, 9.17) is 14.6 Å². The predicted molar refractivity (Wildman–Crippen MR) is 99.1 cm³/mol. The van der Waals surface area contributed by atoms with Crippen LogP contribution in [0.25, 0.3) is 0 Å². The van der Waals surface area contributed by atoms with E-state index >= 15 is 0 Å². The molecule has 0 saturated carbocycles. The van der Waals surface area contributed by atoms with Crippen molar-refractivity contribution in [1.29, 1.82) is 0 Å². The van der Waals surface area contributed by atoms with Crippen LogP contribution in [0.1, 0.15) is 34.6 Å². The molecule has 2 N–H and O–H groups in total. The Hall–Kier alpha value is -3.10. The smallest absolute Gasteiger partial charge is 0.340 e. The van der Waals surface area contributed by atoms with Crippen molar-refractivity contribution in [2.75, 3.05) is 19.8 Å². The Labute approximate surface area is 162 Å². The van der Waals surface area contributed by atoms with Gasteiger partial charge < -0.3 is 19.7 Å². The molecule has 0 spiro atoms. The second kappa shape index (κ2) is 9.72. The SMILES string of the molecule is C=C(C)C(=O)C(COCCO)(OC(=O)c1ccccc1C(=O)O)C(=O)C(=C)C. The van der Waals surface area contributed by atoms with Crippen LogP contribution in [0.3, 0.4) is 0 Å². The first-order valence-electron chi connectivity index (χ1n) is 8.23. The van der Waals surface area contributed by atoms with Gasteiger partial charge in [0, 0.05) is 0 Å². The number of ether oxygens (including phenoxy) is 2. The topological polar surface area (TPSA) is 127 Å². The number of hydrogen-bond acceptors (Lipinski definition) is 7. The minimum absolute atomic E-state index is 0.0819. The lowest BCUT2D eigenvalue weighted by molar-refractivity contribution is -0.154. The molecule has 0 aliphatic rings. The average Bonchev–Trinajstić information content (AvgIpc) is 2.65. The van der Waals surface area contributed by atoms with Gasteiger partial charge in [-0.15, -0.1) is 0 Å². The molecule has 0 atom stereocenters. The first-order valence-corrected chi connectivity index (χ1v) is 8.23. The summed E-state index contributed by atoms with van der Waals surface area (Å²) in [5.41, 5.74) is -3.30. The van der Waals surface area contributed by atoms with Crippen molar-refractivity contribution in [3.8, 4) is 0 Å². The zero-order valence-electron chi connectivity index (χ0n) is 15.7. The fourth-order valence-corrected chi connectivity index (χ4v) is 2.39. The maximum Gasteiger partial charge on any atom is 0.340 e. The highest BCUT2D eigenvalue weighted by molar-refractivity contribution is 6.23. The highest BCUT2D eigenvalue weighted by Crippen LogP contribution is 2.25. The van der Waals surface area contributed by atoms with E-state index in [1.807, 2.05) is 0 Å². The third-order valence-electron chi connectivity index (χ3n) is 3.69. The lowest BCUT2D eigenvalue weighted by atomic mass is 9.86. The number of aromatic carboxylic acids is 1. The van der Waals surface area contributed by atoms with Gasteiger partial charge in [0.1, 0.15) is 6.61 Å². The van der Waals surface area contributed by atoms with Gasteiger partial charge in [0.25, 0.3) is 5.60 Å². The Kier molecular flexibility index (Phi) is 7.97. The van der Waals surface area contributed by atoms with Crippen molar-refractivity contribution < 1.29 is 38.9 Å². The summed E-state index contributed by atoms with van der Waals surface area (Å²) < 4.78 is 10.4. The van der Waals surface area contributed by atoms with Crippen molar-refractivity contribution in [1.82, 2.24) is 0 Å². The zero-order chi connectivity index (χ0) is 21.5. The molecule has 0 radical (unpaired) electrons. The standard InChI is InChI=1S/C20H22O8/c1-12(2)16(22)20(11-27-10-9-21,17(23)13(3)4)28-19(26)15-8-6-5-7-14(15)18(24)25/h5-8,21H,1,3,9-11H2,2,4H3,(H,24,25). The third-order valence-corrected chi connectivity index (χ3v) is 3.69. The summed E-state index contributed by atoms with van der Waals surface area (Å²) >= 11 is 0. The molecule has 28 heavy (non-hydrogen) atoms. The van der Waals surface area contributed by atoms with Crippen LogP contribution in [0.2, 0.25) is 0 Å². The molecule has 150 valence electrons. The fraction of sp³-hybridized carbons (Fsp3) is 0.300. The molecule has 0 fully saturated rings. The van der Waals surface area contributed by atoms with Crippen molar-refractivity contribution >= 4 is 23.5 Å². The maximum absolute atomic E-state index is 12.8. The number of carboxylic acid groups (broad SMARTS) is 1. The Bertz CT molecular complexity index is 795. The molecule has 8 nitrogen and oxygen atoms in total. The number of carbonyl (C=O) groups excluding carboxylic acids is 3. The molecule has 0 aromatic heterocycles. The van der Waals surface area contributed by atoms with Crippen LogP contribution in [0.15, 0.2) is 48.6 Å². The van der Waals surface area contributed by atoms with E-state index in [0.717, 1.165) is 0 Å². The van der Waals surface area contributed by atoms with Crippen LogP contribution in [0.4, 0.5) is 0 Å². The van der Waals surface area contributed by atoms with Crippen molar-refractivity contribution in [2.45, 2.75) is 19.4 Å². The number of hydrogen-bond donors (Lipinski definition) is 2. The normalized spacial score (nSPS) is 10.8. The number of carboxylic acids is 1. The summed E-state index contributed by atoms with van der Waals surface area (Å²) in [6.07, 6.45) is 0. The quantitative estimate of drug-likeness (QED) is 0.252. The van der Waals surface area contributed by atoms with E-state index < -0.39 is 42.3 Å². The van der Waals surface area contributed by atoms with Crippen LogP contribution in [0, 0.1) is 0 Å². The Morgan fingerprint density at radius 3 is 1.93 bits per heavy atom. The zero-order valence-corrected chi connectivity index (χ0v) is 15.7. The molecule has 0 heterocycles. The van der Waals surface area contributed by atoms with Crippen LogP contribution >= 0.6 is 0 Å². The Morgan fingerprint density at radius 1 is 1.00 bits per heavy atom. The van der Waals surface area contributed by atoms with E-state index in [2.05, 4.69) is 13.2 Å². The minimum atomic E-state index is -2.43. The predicted octanol–water partition coefficient (Wildman–Crippen LogP) is 1.58. The number of ketones is 2. The van der Waals surface area contributed by atoms with E-state index in [0.29, 0.717) is 0 Å². The van der Waals surface area contributed by atoms with Gasteiger partial charge in [-0.3, -0.25) is 9.59 Å². The molecule has 8 heteroatoms. The number of carbonyl (C=O) groups is 4. The maximum atomic E-state index is 12.8.